The van der Waals surface area contributed by atoms with Crippen LogP contribution >= 0.6 is 0 Å². The lowest BCUT2D eigenvalue weighted by atomic mass is 9.95. The van der Waals surface area contributed by atoms with Crippen LogP contribution in [0, 0.1) is 5.92 Å². The van der Waals surface area contributed by atoms with E-state index in [-0.39, 0.29) is 31.8 Å². The minimum atomic E-state index is -4.44. The molecule has 126 valence electrons. The van der Waals surface area contributed by atoms with E-state index >= 15 is 0 Å². The Morgan fingerprint density at radius 2 is 1.96 bits per heavy atom. The largest absolute Gasteiger partial charge is 0.405 e. The number of halogens is 3. The van der Waals surface area contributed by atoms with Gasteiger partial charge >= 0.3 is 6.18 Å². The Labute approximate surface area is 129 Å². The number of nitrogens with one attached hydrogen (secondary N) is 1. The van der Waals surface area contributed by atoms with Crippen molar-refractivity contribution in [1.29, 1.82) is 0 Å². The summed E-state index contributed by atoms with van der Waals surface area (Å²) < 4.78 is 36.2. The Morgan fingerprint density at radius 3 is 2.48 bits per heavy atom. The Kier molecular flexibility index (Phi) is 5.12. The molecule has 1 unspecified atom stereocenters. The number of nitrogens with zero attached hydrogens (tertiary/aromatic N) is 3. The van der Waals surface area contributed by atoms with Crippen molar-refractivity contribution in [3.05, 3.63) is 12.2 Å². The van der Waals surface area contributed by atoms with Crippen LogP contribution in [0.25, 0.3) is 0 Å². The number of rotatable bonds is 3. The van der Waals surface area contributed by atoms with Gasteiger partial charge in [0.2, 0.25) is 5.91 Å². The summed E-state index contributed by atoms with van der Waals surface area (Å²) in [6, 6.07) is -0.858. The van der Waals surface area contributed by atoms with Gasteiger partial charge in [-0.15, -0.1) is 5.11 Å². The molecule has 0 aromatic rings. The predicted molar refractivity (Wildman–Crippen MR) is 71.2 cm³/mol. The summed E-state index contributed by atoms with van der Waals surface area (Å²) in [7, 11) is 0. The highest BCUT2D eigenvalue weighted by Gasteiger charge is 2.33. The van der Waals surface area contributed by atoms with Crippen LogP contribution in [0.2, 0.25) is 0 Å². The third kappa shape index (κ3) is 4.86. The van der Waals surface area contributed by atoms with Crippen LogP contribution in [0.5, 0.6) is 0 Å². The van der Waals surface area contributed by atoms with Gasteiger partial charge in [0.1, 0.15) is 6.54 Å². The van der Waals surface area contributed by atoms with Crippen molar-refractivity contribution in [2.24, 2.45) is 16.1 Å². The van der Waals surface area contributed by atoms with Crippen LogP contribution in [0.15, 0.2) is 22.4 Å². The van der Waals surface area contributed by atoms with E-state index in [0.29, 0.717) is 0 Å². The zero-order chi connectivity index (χ0) is 17.0. The van der Waals surface area contributed by atoms with Crippen molar-refractivity contribution in [2.45, 2.75) is 25.1 Å². The van der Waals surface area contributed by atoms with E-state index in [9.17, 15) is 27.6 Å². The van der Waals surface area contributed by atoms with E-state index in [0.717, 1.165) is 6.08 Å². The number of hydrogen-bond acceptors (Lipinski definition) is 4. The first-order valence-corrected chi connectivity index (χ1v) is 7.02. The summed E-state index contributed by atoms with van der Waals surface area (Å²) >= 11 is 0. The smallest absolute Gasteiger partial charge is 0.347 e. The zero-order valence-electron chi connectivity index (χ0n) is 12.0. The lowest BCUT2D eigenvalue weighted by molar-refractivity contribution is -0.143. The van der Waals surface area contributed by atoms with Gasteiger partial charge in [-0.3, -0.25) is 14.4 Å². The monoisotopic (exact) mass is 332 g/mol. The molecule has 23 heavy (non-hydrogen) atoms. The second-order valence-electron chi connectivity index (χ2n) is 5.29. The fraction of sp³-hybridized carbons (Fsp3) is 0.615. The van der Waals surface area contributed by atoms with E-state index < -0.39 is 36.5 Å². The first-order chi connectivity index (χ1) is 10.8. The Balaban J connectivity index is 1.80. The van der Waals surface area contributed by atoms with Crippen LogP contribution in [0.4, 0.5) is 13.2 Å². The molecular weight excluding hydrogens is 317 g/mol. The van der Waals surface area contributed by atoms with Gasteiger partial charge in [0.05, 0.1) is 0 Å². The summed E-state index contributed by atoms with van der Waals surface area (Å²) in [6.45, 7) is -0.861. The molecule has 1 N–H and O–H groups in total. The van der Waals surface area contributed by atoms with Crippen molar-refractivity contribution in [2.75, 3.05) is 19.6 Å². The Hall–Kier alpha value is -2.26. The highest BCUT2D eigenvalue weighted by Crippen LogP contribution is 2.20. The molecule has 2 aliphatic heterocycles. The van der Waals surface area contributed by atoms with Crippen LogP contribution in [-0.2, 0) is 14.4 Å². The van der Waals surface area contributed by atoms with Crippen LogP contribution in [0.3, 0.4) is 0 Å². The molecule has 7 nitrogen and oxygen atoms in total. The van der Waals surface area contributed by atoms with Gasteiger partial charge < -0.3 is 10.2 Å². The van der Waals surface area contributed by atoms with Crippen molar-refractivity contribution in [3.8, 4) is 0 Å². The van der Waals surface area contributed by atoms with E-state index in [4.69, 9.17) is 0 Å². The van der Waals surface area contributed by atoms with Crippen molar-refractivity contribution in [1.82, 2.24) is 10.2 Å². The molecule has 2 heterocycles. The van der Waals surface area contributed by atoms with Gasteiger partial charge in [0.15, 0.2) is 6.04 Å². The average molecular weight is 332 g/mol. The summed E-state index contributed by atoms with van der Waals surface area (Å²) in [4.78, 5) is 36.1. The fourth-order valence-electron chi connectivity index (χ4n) is 2.38. The maximum absolute atomic E-state index is 12.2. The van der Waals surface area contributed by atoms with Crippen molar-refractivity contribution < 1.29 is 27.6 Å². The lowest BCUT2D eigenvalue weighted by Gasteiger charge is -2.32. The van der Waals surface area contributed by atoms with Crippen LogP contribution in [0.1, 0.15) is 12.8 Å². The topological polar surface area (TPSA) is 91.2 Å². The molecule has 0 aliphatic carbocycles. The second kappa shape index (κ2) is 6.88. The molecule has 10 heteroatoms. The molecule has 3 amide bonds. The summed E-state index contributed by atoms with van der Waals surface area (Å²) in [5.74, 6) is -2.08. The number of azo groups is 1. The van der Waals surface area contributed by atoms with Gasteiger partial charge in [-0.2, -0.15) is 18.3 Å². The molecule has 1 fully saturated rings. The number of amides is 3. The van der Waals surface area contributed by atoms with Gasteiger partial charge in [0, 0.05) is 25.1 Å². The fourth-order valence-corrected chi connectivity index (χ4v) is 2.38. The van der Waals surface area contributed by atoms with Gasteiger partial charge in [-0.1, -0.05) is 0 Å². The third-order valence-corrected chi connectivity index (χ3v) is 3.60. The number of carbonyl (C=O) groups excluding carboxylic acids is 3. The quantitative estimate of drug-likeness (QED) is 0.829. The first-order valence-electron chi connectivity index (χ1n) is 7.02. The maximum atomic E-state index is 12.2. The van der Waals surface area contributed by atoms with Crippen LogP contribution < -0.4 is 5.32 Å². The highest BCUT2D eigenvalue weighted by atomic mass is 19.4. The number of alkyl halides is 3. The molecule has 2 rings (SSSR count). The molecular formula is C13H15F3N4O3. The zero-order valence-corrected chi connectivity index (χ0v) is 12.0. The molecule has 0 aromatic heterocycles. The minimum absolute atomic E-state index is 0.247. The Morgan fingerprint density at radius 1 is 1.30 bits per heavy atom. The third-order valence-electron chi connectivity index (χ3n) is 3.60. The lowest BCUT2D eigenvalue weighted by Crippen LogP contribution is -2.46. The van der Waals surface area contributed by atoms with E-state index in [2.05, 4.69) is 10.2 Å². The second-order valence-corrected chi connectivity index (χ2v) is 5.29. The summed E-state index contributed by atoms with van der Waals surface area (Å²) in [5.41, 5.74) is 0. The van der Waals surface area contributed by atoms with E-state index in [1.807, 2.05) is 5.32 Å². The number of hydrogen-bond donors (Lipinski definition) is 1. The van der Waals surface area contributed by atoms with Crippen LogP contribution in [-0.4, -0.2) is 54.5 Å². The molecule has 2 aliphatic rings. The molecule has 1 atom stereocenters. The van der Waals surface area contributed by atoms with Gasteiger partial charge in [0.25, 0.3) is 11.8 Å². The number of carbonyl (C=O) groups is 3. The van der Waals surface area contributed by atoms with E-state index in [1.165, 1.54) is 11.0 Å². The number of piperidine rings is 1. The normalized spacial score (nSPS) is 22.3. The molecule has 0 spiro atoms. The maximum Gasteiger partial charge on any atom is 0.405 e. The number of likely N-dealkylation sites (tertiary alicyclic amines) is 1. The van der Waals surface area contributed by atoms with Gasteiger partial charge in [-0.25, -0.2) is 0 Å². The average Bonchev–Trinajstić information content (AvgIpc) is 2.52. The predicted octanol–water partition coefficient (Wildman–Crippen LogP) is 0.821. The van der Waals surface area contributed by atoms with E-state index in [1.54, 1.807) is 0 Å². The molecule has 0 aromatic carbocycles. The first kappa shape index (κ1) is 17.1. The molecule has 0 saturated carbocycles. The molecule has 0 radical (unpaired) electrons. The summed E-state index contributed by atoms with van der Waals surface area (Å²) in [5, 5.41) is 8.74. The van der Waals surface area contributed by atoms with Crippen molar-refractivity contribution >= 4 is 17.7 Å². The minimum Gasteiger partial charge on any atom is -0.347 e. The SMILES string of the molecule is O=C1C=CC(C(=O)N2CCC(C(=O)NCC(F)(F)F)CC2)N=N1. The molecule has 1 saturated heterocycles. The standard InChI is InChI=1S/C13H15F3N4O3/c14-13(15,16)7-17-11(22)8-3-5-20(6-4-8)12(23)9-1-2-10(21)19-18-9/h1-2,8-9H,3-7H2,(H,17,22). The van der Waals surface area contributed by atoms with Crippen molar-refractivity contribution in [3.63, 3.8) is 0 Å². The summed E-state index contributed by atoms with van der Waals surface area (Å²) in [6.07, 6.45) is -1.38. The molecule has 0 bridgehead atoms. The van der Waals surface area contributed by atoms with Gasteiger partial charge in [-0.05, 0) is 18.9 Å². The Bertz CT molecular complexity index is 535. The highest BCUT2D eigenvalue weighted by molar-refractivity contribution is 5.92.